The van der Waals surface area contributed by atoms with Gasteiger partial charge in [0.2, 0.25) is 10.0 Å². The first kappa shape index (κ1) is 26.2. The van der Waals surface area contributed by atoms with Crippen LogP contribution in [0.3, 0.4) is 0 Å². The van der Waals surface area contributed by atoms with E-state index in [4.69, 9.17) is 4.74 Å². The molecule has 2 fully saturated rings. The number of ether oxygens (including phenoxy) is 1. The van der Waals surface area contributed by atoms with Crippen molar-refractivity contribution in [2.45, 2.75) is 45.3 Å². The molecular weight excluding hydrogens is 506 g/mol. The Morgan fingerprint density at radius 2 is 2.00 bits per heavy atom. The molecule has 0 radical (unpaired) electrons. The van der Waals surface area contributed by atoms with E-state index in [1.54, 1.807) is 64.3 Å². The molecule has 4 heterocycles. The number of carbonyl (C=O) groups is 2. The number of hydrogen-bond donors (Lipinski definition) is 1. The lowest BCUT2D eigenvalue weighted by atomic mass is 10.1. The lowest BCUT2D eigenvalue weighted by Crippen LogP contribution is -2.43. The molecule has 2 aliphatic heterocycles. The number of aromatic nitrogens is 2. The summed E-state index contributed by atoms with van der Waals surface area (Å²) in [4.78, 5) is 31.4. The van der Waals surface area contributed by atoms with E-state index in [0.717, 1.165) is 17.6 Å². The molecule has 0 saturated carbocycles. The number of amides is 2. The molecular formula is C27H33N5O5S. The minimum absolute atomic E-state index is 0.0931. The zero-order valence-corrected chi connectivity index (χ0v) is 22.6. The van der Waals surface area contributed by atoms with Crippen molar-refractivity contribution >= 4 is 27.7 Å². The number of pyridine rings is 1. The highest BCUT2D eigenvalue weighted by molar-refractivity contribution is 7.93. The molecule has 2 saturated heterocycles. The smallest absolute Gasteiger partial charge is 0.410 e. The van der Waals surface area contributed by atoms with Gasteiger partial charge < -0.3 is 19.4 Å². The molecule has 2 aromatic rings. The van der Waals surface area contributed by atoms with Crippen molar-refractivity contribution in [3.8, 4) is 0 Å². The van der Waals surface area contributed by atoms with Gasteiger partial charge in [0.05, 0.1) is 16.5 Å². The number of rotatable bonds is 5. The maximum atomic E-state index is 13.5. The number of carbonyl (C=O) groups excluding carboxylic acids is 2. The molecule has 202 valence electrons. The Hall–Kier alpha value is -3.44. The van der Waals surface area contributed by atoms with Gasteiger partial charge in [0.1, 0.15) is 11.2 Å². The zero-order valence-electron chi connectivity index (χ0n) is 21.8. The number of allylic oxidation sites excluding steroid dienone is 4. The molecule has 0 spiro atoms. The average Bonchev–Trinajstić information content (AvgIpc) is 3.53. The fourth-order valence-corrected chi connectivity index (χ4v) is 6.66. The molecule has 10 nitrogen and oxygen atoms in total. The second-order valence-corrected chi connectivity index (χ2v) is 12.8. The number of imidazole rings is 1. The van der Waals surface area contributed by atoms with E-state index in [-0.39, 0.29) is 29.3 Å². The predicted octanol–water partition coefficient (Wildman–Crippen LogP) is 3.11. The zero-order chi connectivity index (χ0) is 27.1. The van der Waals surface area contributed by atoms with E-state index in [1.807, 2.05) is 20.8 Å². The molecule has 2 aromatic heterocycles. The van der Waals surface area contributed by atoms with Gasteiger partial charge in [-0.25, -0.2) is 18.2 Å². The molecule has 38 heavy (non-hydrogen) atoms. The molecule has 3 aliphatic rings. The number of fused-ring (bicyclic) bond motifs is 2. The van der Waals surface area contributed by atoms with Crippen LogP contribution in [0, 0.1) is 5.92 Å². The Balaban J connectivity index is 1.22. The van der Waals surface area contributed by atoms with Gasteiger partial charge >= 0.3 is 6.09 Å². The Bertz CT molecular complexity index is 1450. The van der Waals surface area contributed by atoms with Gasteiger partial charge in [-0.2, -0.15) is 4.31 Å². The molecule has 11 heteroatoms. The van der Waals surface area contributed by atoms with Gasteiger partial charge in [-0.15, -0.1) is 0 Å². The summed E-state index contributed by atoms with van der Waals surface area (Å²) in [6, 6.07) is 3.32. The van der Waals surface area contributed by atoms with Crippen molar-refractivity contribution in [3.05, 3.63) is 71.1 Å². The van der Waals surface area contributed by atoms with Crippen LogP contribution < -0.4 is 5.32 Å². The molecule has 5 rings (SSSR count). The van der Waals surface area contributed by atoms with E-state index in [0.29, 0.717) is 31.6 Å². The fourth-order valence-electron chi connectivity index (χ4n) is 5.12. The van der Waals surface area contributed by atoms with Crippen LogP contribution in [0.15, 0.2) is 65.5 Å². The summed E-state index contributed by atoms with van der Waals surface area (Å²) in [7, 11) is -3.74. The van der Waals surface area contributed by atoms with E-state index < -0.39 is 21.7 Å². The van der Waals surface area contributed by atoms with Gasteiger partial charge in [0.25, 0.3) is 5.91 Å². The molecule has 0 bridgehead atoms. The van der Waals surface area contributed by atoms with Crippen LogP contribution in [-0.2, 0) is 14.8 Å². The lowest BCUT2D eigenvalue weighted by molar-refractivity contribution is 0.0223. The summed E-state index contributed by atoms with van der Waals surface area (Å²) in [5, 5.41) is 2.91. The largest absolute Gasteiger partial charge is 0.444 e. The van der Waals surface area contributed by atoms with Gasteiger partial charge in [0.15, 0.2) is 0 Å². The quantitative estimate of drug-likeness (QED) is 0.625. The average molecular weight is 540 g/mol. The monoisotopic (exact) mass is 539 g/mol. The Labute approximate surface area is 222 Å². The highest BCUT2D eigenvalue weighted by Crippen LogP contribution is 2.35. The normalized spacial score (nSPS) is 22.1. The van der Waals surface area contributed by atoms with Gasteiger partial charge in [-0.05, 0) is 69.4 Å². The third-order valence-corrected chi connectivity index (χ3v) is 8.90. The maximum Gasteiger partial charge on any atom is 0.410 e. The van der Waals surface area contributed by atoms with Crippen LogP contribution in [0.4, 0.5) is 4.79 Å². The number of hydrogen-bond acceptors (Lipinski definition) is 6. The Morgan fingerprint density at radius 3 is 2.79 bits per heavy atom. The molecule has 2 unspecified atom stereocenters. The summed E-state index contributed by atoms with van der Waals surface area (Å²) >= 11 is 0. The number of likely N-dealkylation sites (tertiary alicyclic amines) is 1. The first-order valence-corrected chi connectivity index (χ1v) is 14.2. The number of nitrogens with zero attached hydrogens (tertiary/aromatic N) is 4. The van der Waals surface area contributed by atoms with Crippen LogP contribution >= 0.6 is 0 Å². The van der Waals surface area contributed by atoms with E-state index in [9.17, 15) is 18.0 Å². The second kappa shape index (κ2) is 10.0. The van der Waals surface area contributed by atoms with Gasteiger partial charge in [-0.1, -0.05) is 12.2 Å². The second-order valence-electron chi connectivity index (χ2n) is 10.9. The summed E-state index contributed by atoms with van der Waals surface area (Å²) in [6.07, 6.45) is 12.8. The number of sulfonamides is 1. The highest BCUT2D eigenvalue weighted by Gasteiger charge is 2.48. The minimum atomic E-state index is -3.74. The lowest BCUT2D eigenvalue weighted by Gasteiger charge is -2.28. The first-order chi connectivity index (χ1) is 18.0. The third-order valence-electron chi connectivity index (χ3n) is 7.05. The van der Waals surface area contributed by atoms with Crippen LogP contribution in [-0.4, -0.2) is 76.8 Å². The molecule has 1 N–H and O–H groups in total. The van der Waals surface area contributed by atoms with E-state index in [2.05, 4.69) is 10.3 Å². The summed E-state index contributed by atoms with van der Waals surface area (Å²) in [6.45, 7) is 6.98. The Kier molecular flexibility index (Phi) is 6.91. The van der Waals surface area contributed by atoms with E-state index >= 15 is 0 Å². The van der Waals surface area contributed by atoms with Gasteiger partial charge in [0, 0.05) is 44.8 Å². The topological polar surface area (TPSA) is 113 Å². The predicted molar refractivity (Wildman–Crippen MR) is 143 cm³/mol. The number of nitrogens with one attached hydrogen (secondary N) is 1. The molecule has 2 amide bonds. The van der Waals surface area contributed by atoms with Crippen LogP contribution in [0.25, 0.3) is 5.65 Å². The third kappa shape index (κ3) is 5.39. The SMILES string of the molecule is CC(C)(C)OC(=O)N1CCC2CN(S(=O)(=O)C3=CC=C(CNC(=O)c4ccc5nccn5c4)CC=C3)CC21. The first-order valence-electron chi connectivity index (χ1n) is 12.8. The van der Waals surface area contributed by atoms with Crippen molar-refractivity contribution < 1.29 is 22.7 Å². The van der Waals surface area contributed by atoms with Crippen LogP contribution in [0.1, 0.15) is 44.0 Å². The fraction of sp³-hybridized carbons (Fsp3) is 0.444. The van der Waals surface area contributed by atoms with Crippen molar-refractivity contribution in [3.63, 3.8) is 0 Å². The van der Waals surface area contributed by atoms with Crippen LogP contribution in [0.5, 0.6) is 0 Å². The Morgan fingerprint density at radius 1 is 1.18 bits per heavy atom. The molecule has 2 atom stereocenters. The molecule has 1 aliphatic carbocycles. The standard InChI is InChI=1S/C27H33N5O5S/c1-27(2,3)37-26(34)32-13-11-20-17-31(18-23(20)32)38(35,36)22-6-4-5-19(7-9-22)15-29-25(33)21-8-10-24-28-12-14-30(24)16-21/h4,6-10,12,14,16,20,23H,5,11,13,15,17-18H2,1-3H3,(H,29,33). The summed E-state index contributed by atoms with van der Waals surface area (Å²) in [5.41, 5.74) is 1.56. The van der Waals surface area contributed by atoms with Crippen molar-refractivity contribution in [1.29, 1.82) is 0 Å². The van der Waals surface area contributed by atoms with Crippen molar-refractivity contribution in [2.75, 3.05) is 26.2 Å². The van der Waals surface area contributed by atoms with Crippen molar-refractivity contribution in [1.82, 2.24) is 23.9 Å². The summed E-state index contributed by atoms with van der Waals surface area (Å²) < 4.78 is 35.8. The minimum Gasteiger partial charge on any atom is -0.444 e. The van der Waals surface area contributed by atoms with E-state index in [1.165, 1.54) is 4.31 Å². The van der Waals surface area contributed by atoms with Crippen molar-refractivity contribution in [2.24, 2.45) is 5.92 Å². The van der Waals surface area contributed by atoms with Crippen LogP contribution in [0.2, 0.25) is 0 Å². The molecule has 0 aromatic carbocycles. The van der Waals surface area contributed by atoms with Gasteiger partial charge in [-0.3, -0.25) is 4.79 Å². The summed E-state index contributed by atoms with van der Waals surface area (Å²) in [5.74, 6) is -0.125. The maximum absolute atomic E-state index is 13.5. The highest BCUT2D eigenvalue weighted by atomic mass is 32.2.